The highest BCUT2D eigenvalue weighted by atomic mass is 32.2. The van der Waals surface area contributed by atoms with Crippen molar-refractivity contribution in [1.29, 1.82) is 0 Å². The second kappa shape index (κ2) is 6.25. The first-order chi connectivity index (χ1) is 9.54. The molecule has 0 fully saturated rings. The highest BCUT2D eigenvalue weighted by Gasteiger charge is 2.16. The molecule has 0 bridgehead atoms. The van der Waals surface area contributed by atoms with Crippen LogP contribution in [0.4, 0.5) is 11.4 Å². The van der Waals surface area contributed by atoms with E-state index in [2.05, 4.69) is 10.0 Å². The molecule has 20 heavy (non-hydrogen) atoms. The number of nitrogen functional groups attached to an aromatic ring is 1. The minimum Gasteiger partial charge on any atom is -0.398 e. The van der Waals surface area contributed by atoms with E-state index < -0.39 is 10.0 Å². The molecule has 0 amide bonds. The predicted molar refractivity (Wildman–Crippen MR) is 83.4 cm³/mol. The molecular weight excluding hydrogens is 294 g/mol. The Labute approximate surface area is 122 Å². The van der Waals surface area contributed by atoms with Crippen molar-refractivity contribution in [3.63, 3.8) is 0 Å². The number of anilines is 2. The van der Waals surface area contributed by atoms with Gasteiger partial charge in [0.1, 0.15) is 4.90 Å². The molecule has 0 spiro atoms. The van der Waals surface area contributed by atoms with Crippen LogP contribution >= 0.6 is 11.3 Å². The fourth-order valence-electron chi connectivity index (χ4n) is 1.78. The van der Waals surface area contributed by atoms with Crippen LogP contribution in [0, 0.1) is 0 Å². The van der Waals surface area contributed by atoms with E-state index in [0.29, 0.717) is 18.8 Å². The van der Waals surface area contributed by atoms with Gasteiger partial charge in [-0.25, -0.2) is 13.1 Å². The molecule has 1 aromatic carbocycles. The number of benzene rings is 1. The zero-order valence-electron chi connectivity index (χ0n) is 11.1. The Morgan fingerprint density at radius 3 is 2.65 bits per heavy atom. The van der Waals surface area contributed by atoms with Crippen molar-refractivity contribution < 1.29 is 8.42 Å². The number of hydrogen-bond acceptors (Lipinski definition) is 5. The lowest BCUT2D eigenvalue weighted by molar-refractivity contribution is 0.584. The molecule has 0 atom stereocenters. The topological polar surface area (TPSA) is 84.2 Å². The molecule has 2 rings (SSSR count). The number of para-hydroxylation sites is 1. The lowest BCUT2D eigenvalue weighted by Crippen LogP contribution is -2.24. The Kier molecular flexibility index (Phi) is 4.64. The molecule has 0 aliphatic rings. The van der Waals surface area contributed by atoms with Crippen LogP contribution < -0.4 is 15.8 Å². The molecule has 108 valence electrons. The Bertz CT molecular complexity index is 680. The van der Waals surface area contributed by atoms with Gasteiger partial charge in [-0.15, -0.1) is 11.3 Å². The summed E-state index contributed by atoms with van der Waals surface area (Å²) < 4.78 is 26.7. The van der Waals surface area contributed by atoms with Gasteiger partial charge >= 0.3 is 0 Å². The molecule has 2 aromatic rings. The molecule has 0 saturated heterocycles. The van der Waals surface area contributed by atoms with Gasteiger partial charge in [0.15, 0.2) is 0 Å². The molecule has 7 heteroatoms. The van der Waals surface area contributed by atoms with Gasteiger partial charge in [0, 0.05) is 17.1 Å². The Morgan fingerprint density at radius 2 is 2.00 bits per heavy atom. The third kappa shape index (κ3) is 3.30. The molecule has 0 saturated carbocycles. The number of sulfonamides is 1. The normalized spacial score (nSPS) is 11.4. The molecule has 0 radical (unpaired) electrons. The molecule has 5 nitrogen and oxygen atoms in total. The maximum atomic E-state index is 12.1. The van der Waals surface area contributed by atoms with Crippen molar-refractivity contribution in [1.82, 2.24) is 4.72 Å². The first-order valence-electron chi connectivity index (χ1n) is 6.19. The van der Waals surface area contributed by atoms with Gasteiger partial charge in [-0.05, 0) is 23.6 Å². The zero-order chi connectivity index (χ0) is 14.6. The Hall–Kier alpha value is -1.57. The van der Waals surface area contributed by atoms with Crippen LogP contribution in [-0.2, 0) is 16.6 Å². The van der Waals surface area contributed by atoms with E-state index in [1.807, 2.05) is 11.4 Å². The van der Waals surface area contributed by atoms with Gasteiger partial charge in [0.25, 0.3) is 0 Å². The van der Waals surface area contributed by atoms with E-state index in [1.165, 1.54) is 11.3 Å². The van der Waals surface area contributed by atoms with Crippen molar-refractivity contribution in [2.45, 2.75) is 18.4 Å². The summed E-state index contributed by atoms with van der Waals surface area (Å²) in [5, 5.41) is 5.04. The van der Waals surface area contributed by atoms with Gasteiger partial charge in [0.2, 0.25) is 10.0 Å². The van der Waals surface area contributed by atoms with E-state index in [0.717, 1.165) is 10.6 Å². The van der Waals surface area contributed by atoms with Crippen molar-refractivity contribution >= 4 is 32.7 Å². The van der Waals surface area contributed by atoms with Gasteiger partial charge in [0.05, 0.1) is 12.2 Å². The largest absolute Gasteiger partial charge is 0.398 e. The van der Waals surface area contributed by atoms with E-state index in [-0.39, 0.29) is 4.90 Å². The molecule has 0 unspecified atom stereocenters. The Balaban J connectivity index is 2.23. The molecule has 0 aliphatic heterocycles. The number of thiophene rings is 1. The number of nitrogens with one attached hydrogen (secondary N) is 2. The monoisotopic (exact) mass is 311 g/mol. The quantitative estimate of drug-likeness (QED) is 0.764. The number of hydrogen-bond donors (Lipinski definition) is 3. The van der Waals surface area contributed by atoms with E-state index >= 15 is 0 Å². The van der Waals surface area contributed by atoms with Gasteiger partial charge in [-0.1, -0.05) is 19.1 Å². The van der Waals surface area contributed by atoms with Crippen molar-refractivity contribution in [2.24, 2.45) is 0 Å². The van der Waals surface area contributed by atoms with Gasteiger partial charge in [-0.3, -0.25) is 0 Å². The molecular formula is C13H17N3O2S2. The second-order valence-corrected chi connectivity index (χ2v) is 6.89. The standard InChI is InChI=1S/C13H17N3O2S2/c1-2-16-20(17,18)13-6-4-3-5-11(13)15-9-12-10(14)7-8-19-12/h3-8,15-16H,2,9,14H2,1H3. The second-order valence-electron chi connectivity index (χ2n) is 4.15. The van der Waals surface area contributed by atoms with Crippen LogP contribution in [0.3, 0.4) is 0 Å². The van der Waals surface area contributed by atoms with Crippen LogP contribution in [0.1, 0.15) is 11.8 Å². The van der Waals surface area contributed by atoms with E-state index in [1.54, 1.807) is 31.2 Å². The summed E-state index contributed by atoms with van der Waals surface area (Å²) >= 11 is 1.54. The van der Waals surface area contributed by atoms with Crippen LogP contribution in [0.2, 0.25) is 0 Å². The van der Waals surface area contributed by atoms with E-state index in [9.17, 15) is 8.42 Å². The average Bonchev–Trinajstić information content (AvgIpc) is 2.82. The summed E-state index contributed by atoms with van der Waals surface area (Å²) in [6, 6.07) is 8.66. The van der Waals surface area contributed by atoms with Crippen LogP contribution in [0.15, 0.2) is 40.6 Å². The molecule has 1 heterocycles. The fraction of sp³-hybridized carbons (Fsp3) is 0.231. The maximum Gasteiger partial charge on any atom is 0.242 e. The Morgan fingerprint density at radius 1 is 1.25 bits per heavy atom. The summed E-state index contributed by atoms with van der Waals surface area (Å²) in [6.07, 6.45) is 0. The van der Waals surface area contributed by atoms with Crippen molar-refractivity contribution in [2.75, 3.05) is 17.6 Å². The molecule has 4 N–H and O–H groups in total. The zero-order valence-corrected chi connectivity index (χ0v) is 12.7. The summed E-state index contributed by atoms with van der Waals surface area (Å²) in [6.45, 7) is 2.61. The fourth-order valence-corrected chi connectivity index (χ4v) is 3.75. The SMILES string of the molecule is CCNS(=O)(=O)c1ccccc1NCc1sccc1N. The van der Waals surface area contributed by atoms with Crippen LogP contribution in [0.25, 0.3) is 0 Å². The summed E-state index contributed by atoms with van der Waals surface area (Å²) in [5.74, 6) is 0. The first kappa shape index (κ1) is 14.8. The number of rotatable bonds is 6. The number of nitrogens with two attached hydrogens (primary N) is 1. The third-order valence-electron chi connectivity index (χ3n) is 2.73. The average molecular weight is 311 g/mol. The lowest BCUT2D eigenvalue weighted by atomic mass is 10.3. The summed E-state index contributed by atoms with van der Waals surface area (Å²) in [4.78, 5) is 1.23. The predicted octanol–water partition coefficient (Wildman–Crippen LogP) is 2.24. The van der Waals surface area contributed by atoms with Crippen molar-refractivity contribution in [3.8, 4) is 0 Å². The highest BCUT2D eigenvalue weighted by Crippen LogP contribution is 2.24. The highest BCUT2D eigenvalue weighted by molar-refractivity contribution is 7.89. The van der Waals surface area contributed by atoms with E-state index in [4.69, 9.17) is 5.73 Å². The minimum absolute atomic E-state index is 0.247. The van der Waals surface area contributed by atoms with Crippen LogP contribution in [0.5, 0.6) is 0 Å². The smallest absolute Gasteiger partial charge is 0.242 e. The molecule has 0 aliphatic carbocycles. The van der Waals surface area contributed by atoms with Gasteiger partial charge < -0.3 is 11.1 Å². The molecule has 1 aromatic heterocycles. The third-order valence-corrected chi connectivity index (χ3v) is 5.27. The first-order valence-corrected chi connectivity index (χ1v) is 8.55. The summed E-state index contributed by atoms with van der Waals surface area (Å²) in [5.41, 5.74) is 7.10. The van der Waals surface area contributed by atoms with Crippen LogP contribution in [-0.4, -0.2) is 15.0 Å². The van der Waals surface area contributed by atoms with Crippen molar-refractivity contribution in [3.05, 3.63) is 40.6 Å². The van der Waals surface area contributed by atoms with Gasteiger partial charge in [-0.2, -0.15) is 0 Å². The maximum absolute atomic E-state index is 12.1. The lowest BCUT2D eigenvalue weighted by Gasteiger charge is -2.12. The minimum atomic E-state index is -3.48. The summed E-state index contributed by atoms with van der Waals surface area (Å²) in [7, 11) is -3.48.